The maximum absolute atomic E-state index is 10.9. The van der Waals surface area contributed by atoms with E-state index in [-0.39, 0.29) is 9.88 Å². The SMILES string of the molecule is C=C(C)C(=O)OCCN(C(=O)O)S(=O)(=O)Cl. The molecule has 0 aromatic carbocycles. The van der Waals surface area contributed by atoms with Crippen molar-refractivity contribution in [2.45, 2.75) is 6.92 Å². The predicted molar refractivity (Wildman–Crippen MR) is 55.3 cm³/mol. The maximum Gasteiger partial charge on any atom is 0.422 e. The van der Waals surface area contributed by atoms with Crippen LogP contribution in [0, 0.1) is 0 Å². The summed E-state index contributed by atoms with van der Waals surface area (Å²) in [5.41, 5.74) is 0.121. The number of hydrogen-bond acceptors (Lipinski definition) is 5. The summed E-state index contributed by atoms with van der Waals surface area (Å²) >= 11 is 0. The van der Waals surface area contributed by atoms with E-state index in [9.17, 15) is 18.0 Å². The lowest BCUT2D eigenvalue weighted by molar-refractivity contribution is -0.139. The lowest BCUT2D eigenvalue weighted by atomic mass is 10.4. The second-order valence-corrected chi connectivity index (χ2v) is 5.15. The van der Waals surface area contributed by atoms with Crippen LogP contribution in [0.2, 0.25) is 0 Å². The fourth-order valence-corrected chi connectivity index (χ4v) is 1.51. The van der Waals surface area contributed by atoms with E-state index in [1.165, 1.54) is 6.92 Å². The van der Waals surface area contributed by atoms with Crippen LogP contribution in [0.15, 0.2) is 12.2 Å². The van der Waals surface area contributed by atoms with E-state index in [0.29, 0.717) is 0 Å². The summed E-state index contributed by atoms with van der Waals surface area (Å²) in [6.45, 7) is 3.69. The second kappa shape index (κ2) is 5.71. The highest BCUT2D eigenvalue weighted by Gasteiger charge is 2.24. The Bertz CT molecular complexity index is 403. The topological polar surface area (TPSA) is 101 Å². The molecule has 0 aliphatic carbocycles. The number of hydrogen-bond donors (Lipinski definition) is 1. The Morgan fingerprint density at radius 3 is 2.31 bits per heavy atom. The van der Waals surface area contributed by atoms with Gasteiger partial charge in [-0.05, 0) is 6.92 Å². The van der Waals surface area contributed by atoms with Gasteiger partial charge >= 0.3 is 21.3 Å². The number of carbonyl (C=O) groups excluding carboxylic acids is 1. The van der Waals surface area contributed by atoms with Crippen molar-refractivity contribution in [3.05, 3.63) is 12.2 Å². The van der Waals surface area contributed by atoms with Crippen molar-refractivity contribution in [2.75, 3.05) is 13.2 Å². The number of carbonyl (C=O) groups is 2. The normalized spacial score (nSPS) is 10.6. The third-order valence-electron chi connectivity index (χ3n) is 1.35. The molecular weight excluding hydrogens is 262 g/mol. The molecule has 1 amide bonds. The summed E-state index contributed by atoms with van der Waals surface area (Å²) in [7, 11) is 0.441. The van der Waals surface area contributed by atoms with E-state index >= 15 is 0 Å². The standard InChI is InChI=1S/C7H10ClNO6S/c1-5(2)6(10)15-4-3-9(7(11)12)16(8,13)14/h1,3-4H2,2H3,(H,11,12). The zero-order valence-corrected chi connectivity index (χ0v) is 9.92. The molecule has 0 aliphatic heterocycles. The van der Waals surface area contributed by atoms with E-state index in [1.807, 2.05) is 0 Å². The van der Waals surface area contributed by atoms with Crippen LogP contribution in [0.1, 0.15) is 6.92 Å². The van der Waals surface area contributed by atoms with Gasteiger partial charge in [0.1, 0.15) is 6.61 Å². The third kappa shape index (κ3) is 4.99. The highest BCUT2D eigenvalue weighted by atomic mass is 35.7. The van der Waals surface area contributed by atoms with Crippen molar-refractivity contribution in [3.63, 3.8) is 0 Å². The largest absolute Gasteiger partial charge is 0.464 e. The number of halogens is 1. The fraction of sp³-hybridized carbons (Fsp3) is 0.429. The van der Waals surface area contributed by atoms with Crippen LogP contribution in [0.5, 0.6) is 0 Å². The van der Waals surface area contributed by atoms with Gasteiger partial charge in [0.25, 0.3) is 0 Å². The molecule has 1 N–H and O–H groups in total. The molecule has 0 rings (SSSR count). The van der Waals surface area contributed by atoms with Gasteiger partial charge in [-0.1, -0.05) is 6.58 Å². The molecule has 0 heterocycles. The summed E-state index contributed by atoms with van der Waals surface area (Å²) in [6, 6.07) is 0. The van der Waals surface area contributed by atoms with Gasteiger partial charge < -0.3 is 9.84 Å². The first kappa shape index (κ1) is 14.7. The van der Waals surface area contributed by atoms with Gasteiger partial charge in [-0.15, -0.1) is 0 Å². The van der Waals surface area contributed by atoms with Crippen LogP contribution >= 0.6 is 10.7 Å². The number of ether oxygens (including phenoxy) is 1. The molecule has 0 spiro atoms. The summed E-state index contributed by atoms with van der Waals surface area (Å²) in [5.74, 6) is -0.739. The first-order valence-electron chi connectivity index (χ1n) is 3.94. The van der Waals surface area contributed by atoms with Crippen molar-refractivity contribution in [3.8, 4) is 0 Å². The Labute approximate surface area is 96.8 Å². The Balaban J connectivity index is 4.32. The van der Waals surface area contributed by atoms with E-state index in [4.69, 9.17) is 15.8 Å². The molecule has 0 bridgehead atoms. The molecule has 92 valence electrons. The number of carboxylic acid groups (broad SMARTS) is 1. The van der Waals surface area contributed by atoms with Crippen molar-refractivity contribution >= 4 is 32.0 Å². The smallest absolute Gasteiger partial charge is 0.422 e. The van der Waals surface area contributed by atoms with Crippen LogP contribution < -0.4 is 0 Å². The minimum Gasteiger partial charge on any atom is -0.464 e. The molecule has 0 saturated carbocycles. The minimum atomic E-state index is -4.39. The molecule has 9 heteroatoms. The van der Waals surface area contributed by atoms with Gasteiger partial charge in [-0.25, -0.2) is 9.59 Å². The van der Waals surface area contributed by atoms with Gasteiger partial charge in [-0.3, -0.25) is 0 Å². The number of nitrogens with zero attached hydrogens (tertiary/aromatic N) is 1. The predicted octanol–water partition coefficient (Wildman–Crippen LogP) is 0.569. The zero-order chi connectivity index (χ0) is 12.9. The molecule has 16 heavy (non-hydrogen) atoms. The molecule has 0 aliphatic rings. The monoisotopic (exact) mass is 271 g/mol. The van der Waals surface area contributed by atoms with Gasteiger partial charge in [0.05, 0.1) is 6.54 Å². The first-order chi connectivity index (χ1) is 7.16. The van der Waals surface area contributed by atoms with E-state index in [2.05, 4.69) is 11.3 Å². The molecule has 0 saturated heterocycles. The average Bonchev–Trinajstić information content (AvgIpc) is 2.08. The van der Waals surface area contributed by atoms with Crippen LogP contribution in [0.4, 0.5) is 4.79 Å². The van der Waals surface area contributed by atoms with Crippen LogP contribution in [0.25, 0.3) is 0 Å². The van der Waals surface area contributed by atoms with Crippen LogP contribution in [-0.4, -0.2) is 43.0 Å². The lowest BCUT2D eigenvalue weighted by Crippen LogP contribution is -2.35. The molecular formula is C7H10ClNO6S. The summed E-state index contributed by atoms with van der Waals surface area (Å²) in [4.78, 5) is 21.3. The first-order valence-corrected chi connectivity index (χ1v) is 6.20. The number of esters is 1. The summed E-state index contributed by atoms with van der Waals surface area (Å²) in [6.07, 6.45) is -1.75. The molecule has 0 radical (unpaired) electrons. The third-order valence-corrected chi connectivity index (χ3v) is 2.72. The highest BCUT2D eigenvalue weighted by Crippen LogP contribution is 2.06. The Morgan fingerprint density at radius 1 is 1.50 bits per heavy atom. The molecule has 0 fully saturated rings. The van der Waals surface area contributed by atoms with Crippen molar-refractivity contribution in [1.29, 1.82) is 0 Å². The Morgan fingerprint density at radius 2 is 2.00 bits per heavy atom. The quantitative estimate of drug-likeness (QED) is 0.446. The van der Waals surface area contributed by atoms with Crippen molar-refractivity contribution < 1.29 is 27.9 Å². The van der Waals surface area contributed by atoms with E-state index in [0.717, 1.165) is 0 Å². The van der Waals surface area contributed by atoms with Gasteiger partial charge in [0, 0.05) is 16.3 Å². The van der Waals surface area contributed by atoms with Crippen LogP contribution in [0.3, 0.4) is 0 Å². The minimum absolute atomic E-state index is 0.0414. The molecule has 0 unspecified atom stereocenters. The van der Waals surface area contributed by atoms with Gasteiger partial charge in [0.15, 0.2) is 0 Å². The van der Waals surface area contributed by atoms with Crippen LogP contribution in [-0.2, 0) is 18.8 Å². The van der Waals surface area contributed by atoms with Crippen molar-refractivity contribution in [1.82, 2.24) is 4.31 Å². The lowest BCUT2D eigenvalue weighted by Gasteiger charge is -2.14. The second-order valence-electron chi connectivity index (χ2n) is 2.71. The molecule has 7 nitrogen and oxygen atoms in total. The Hall–Kier alpha value is -1.28. The molecule has 0 aromatic heterocycles. The summed E-state index contributed by atoms with van der Waals surface area (Å²) in [5, 5.41) is 8.49. The molecule has 0 atom stereocenters. The molecule has 0 aromatic rings. The van der Waals surface area contributed by atoms with Crippen molar-refractivity contribution in [2.24, 2.45) is 0 Å². The summed E-state index contributed by atoms with van der Waals surface area (Å²) < 4.78 is 25.9. The van der Waals surface area contributed by atoms with E-state index < -0.39 is 34.5 Å². The fourth-order valence-electron chi connectivity index (χ4n) is 0.642. The van der Waals surface area contributed by atoms with Gasteiger partial charge in [0.2, 0.25) is 0 Å². The van der Waals surface area contributed by atoms with E-state index in [1.54, 1.807) is 0 Å². The highest BCUT2D eigenvalue weighted by molar-refractivity contribution is 8.12. The maximum atomic E-state index is 10.9. The number of amides is 1. The zero-order valence-electron chi connectivity index (χ0n) is 8.34. The van der Waals surface area contributed by atoms with Gasteiger partial charge in [-0.2, -0.15) is 12.7 Å². The number of rotatable bonds is 5. The Kier molecular flexibility index (Phi) is 5.25. The average molecular weight is 272 g/mol.